The second-order valence-electron chi connectivity index (χ2n) is 13.1. The van der Waals surface area contributed by atoms with Crippen molar-refractivity contribution in [3.05, 3.63) is 164 Å². The fraction of sp³-hybridized carbons (Fsp3) is 0.0426. The monoisotopic (exact) mass is 668 g/mol. The molecule has 0 unspecified atom stereocenters. The van der Waals surface area contributed by atoms with Crippen LogP contribution in [0.1, 0.15) is 19.7 Å². The van der Waals surface area contributed by atoms with Crippen LogP contribution in [0.25, 0.3) is 99.3 Å². The van der Waals surface area contributed by atoms with Gasteiger partial charge in [-0.05, 0) is 54.3 Å². The quantitative estimate of drug-likeness (QED) is 0.171. The zero-order chi connectivity index (χ0) is 34.8. The van der Waals surface area contributed by atoms with Crippen molar-refractivity contribution >= 4 is 70.9 Å². The smallest absolute Gasteiger partial charge is 0.164 e. The van der Waals surface area contributed by atoms with Crippen molar-refractivity contribution in [1.29, 1.82) is 0 Å². The molecular weight excluding hydrogens is 637 g/mol. The molecule has 7 aromatic carbocycles. The van der Waals surface area contributed by atoms with Crippen LogP contribution in [0.2, 0.25) is 0 Å². The first kappa shape index (κ1) is 30.0. The van der Waals surface area contributed by atoms with Gasteiger partial charge in [0.2, 0.25) is 0 Å². The van der Waals surface area contributed by atoms with Gasteiger partial charge in [0, 0.05) is 55.4 Å². The Bertz CT molecular complexity index is 3090. The molecule has 0 fully saturated rings. The number of aromatic nitrogens is 4. The zero-order valence-electron chi connectivity index (χ0n) is 28.7. The fourth-order valence-corrected chi connectivity index (χ4v) is 7.78. The van der Waals surface area contributed by atoms with E-state index in [1.807, 2.05) is 74.5 Å². The van der Waals surface area contributed by atoms with E-state index in [0.717, 1.165) is 49.8 Å². The Labute approximate surface area is 299 Å². The highest BCUT2D eigenvalue weighted by atomic mass is 16.3. The van der Waals surface area contributed by atoms with Crippen LogP contribution in [0, 0.1) is 0 Å². The van der Waals surface area contributed by atoms with E-state index in [1.54, 1.807) is 0 Å². The summed E-state index contributed by atoms with van der Waals surface area (Å²) in [7, 11) is 0. The van der Waals surface area contributed by atoms with E-state index < -0.39 is 0 Å². The van der Waals surface area contributed by atoms with Gasteiger partial charge in [-0.2, -0.15) is 0 Å². The Morgan fingerprint density at radius 1 is 0.577 bits per heavy atom. The molecule has 0 aliphatic carbocycles. The Balaban J connectivity index is 1.22. The molecule has 0 saturated carbocycles. The van der Waals surface area contributed by atoms with Gasteiger partial charge in [0.25, 0.3) is 0 Å². The lowest BCUT2D eigenvalue weighted by molar-refractivity contribution is 0.668. The standard InChI is InChI=1S/C47H32N4O/c1-3-13-29(4-2)45-48-46(32-16-6-5-7-17-32)50-47(49-45)38-20-12-21-40-43(38)36-26-24-33(28-41(36)52-40)51-39-27-23-30-14-8-10-18-34(30)42(39)37-25-22-31-15-9-11-19-35(31)44(37)51/h3-28H,1-2H3/b13-3-,29-4+. The van der Waals surface area contributed by atoms with E-state index in [9.17, 15) is 0 Å². The molecule has 246 valence electrons. The van der Waals surface area contributed by atoms with Gasteiger partial charge in [-0.1, -0.05) is 127 Å². The van der Waals surface area contributed by atoms with Crippen molar-refractivity contribution in [2.45, 2.75) is 13.8 Å². The Kier molecular flexibility index (Phi) is 6.86. The summed E-state index contributed by atoms with van der Waals surface area (Å²) < 4.78 is 9.08. The first-order valence-corrected chi connectivity index (χ1v) is 17.6. The molecule has 3 heterocycles. The van der Waals surface area contributed by atoms with Crippen LogP contribution in [0.3, 0.4) is 0 Å². The van der Waals surface area contributed by atoms with Crippen LogP contribution in [-0.2, 0) is 0 Å². The molecule has 10 aromatic rings. The molecule has 0 saturated heterocycles. The number of hydrogen-bond donors (Lipinski definition) is 0. The highest BCUT2D eigenvalue weighted by Crippen LogP contribution is 2.42. The molecule has 0 N–H and O–H groups in total. The first-order chi connectivity index (χ1) is 25.7. The minimum Gasteiger partial charge on any atom is -0.456 e. The lowest BCUT2D eigenvalue weighted by Crippen LogP contribution is -2.02. The third-order valence-electron chi connectivity index (χ3n) is 10.1. The molecule has 52 heavy (non-hydrogen) atoms. The number of fused-ring (bicyclic) bond motifs is 10. The van der Waals surface area contributed by atoms with Gasteiger partial charge in [0.15, 0.2) is 17.5 Å². The van der Waals surface area contributed by atoms with Gasteiger partial charge in [-0.3, -0.25) is 0 Å². The number of rotatable bonds is 5. The molecule has 0 spiro atoms. The van der Waals surface area contributed by atoms with Gasteiger partial charge < -0.3 is 8.98 Å². The predicted octanol–water partition coefficient (Wildman–Crippen LogP) is 12.5. The summed E-state index contributed by atoms with van der Waals surface area (Å²) in [5.74, 6) is 1.86. The minimum absolute atomic E-state index is 0.603. The summed E-state index contributed by atoms with van der Waals surface area (Å²) in [6, 6.07) is 49.0. The van der Waals surface area contributed by atoms with E-state index in [1.165, 1.54) is 37.8 Å². The molecule has 5 heteroatoms. The summed E-state index contributed by atoms with van der Waals surface area (Å²) in [6.07, 6.45) is 6.07. The lowest BCUT2D eigenvalue weighted by atomic mass is 10.0. The Hall–Kier alpha value is -6.85. The predicted molar refractivity (Wildman–Crippen MR) is 216 cm³/mol. The van der Waals surface area contributed by atoms with Crippen LogP contribution in [-0.4, -0.2) is 19.5 Å². The van der Waals surface area contributed by atoms with Gasteiger partial charge in [-0.15, -0.1) is 0 Å². The van der Waals surface area contributed by atoms with Crippen LogP contribution in [0.5, 0.6) is 0 Å². The van der Waals surface area contributed by atoms with Crippen molar-refractivity contribution in [3.63, 3.8) is 0 Å². The molecule has 5 nitrogen and oxygen atoms in total. The van der Waals surface area contributed by atoms with Crippen molar-refractivity contribution < 1.29 is 4.42 Å². The molecule has 0 aliphatic rings. The van der Waals surface area contributed by atoms with Crippen LogP contribution in [0.15, 0.2) is 162 Å². The molecular formula is C47H32N4O. The summed E-state index contributed by atoms with van der Waals surface area (Å²) in [5, 5.41) is 9.37. The third kappa shape index (κ3) is 4.60. The molecule has 10 rings (SSSR count). The SMILES string of the molecule is C/C=C\C(=C/C)c1nc(-c2ccccc2)nc(-c2cccc3oc4cc(-n5c6ccc7ccccc7c6c6ccc7ccccc7c65)ccc4c23)n1. The molecule has 3 aromatic heterocycles. The van der Waals surface area contributed by atoms with E-state index >= 15 is 0 Å². The Morgan fingerprint density at radius 3 is 2.13 bits per heavy atom. The summed E-state index contributed by atoms with van der Waals surface area (Å²) in [4.78, 5) is 15.0. The van der Waals surface area contributed by atoms with Crippen LogP contribution < -0.4 is 0 Å². The van der Waals surface area contributed by atoms with Crippen molar-refractivity contribution in [2.24, 2.45) is 0 Å². The highest BCUT2D eigenvalue weighted by Gasteiger charge is 2.21. The van der Waals surface area contributed by atoms with E-state index in [4.69, 9.17) is 19.4 Å². The molecule has 0 amide bonds. The number of hydrogen-bond acceptors (Lipinski definition) is 4. The molecule has 0 bridgehead atoms. The van der Waals surface area contributed by atoms with Gasteiger partial charge in [-0.25, -0.2) is 15.0 Å². The largest absolute Gasteiger partial charge is 0.456 e. The number of allylic oxidation sites excluding steroid dienone is 4. The van der Waals surface area contributed by atoms with Crippen molar-refractivity contribution in [1.82, 2.24) is 19.5 Å². The van der Waals surface area contributed by atoms with E-state index in [2.05, 4.69) is 102 Å². The second-order valence-corrected chi connectivity index (χ2v) is 13.1. The fourth-order valence-electron chi connectivity index (χ4n) is 7.78. The summed E-state index contributed by atoms with van der Waals surface area (Å²) >= 11 is 0. The maximum absolute atomic E-state index is 6.68. The van der Waals surface area contributed by atoms with Crippen molar-refractivity contribution in [3.8, 4) is 28.5 Å². The molecule has 0 atom stereocenters. The molecule has 0 radical (unpaired) electrons. The maximum Gasteiger partial charge on any atom is 0.164 e. The number of nitrogens with zero attached hydrogens (tertiary/aromatic N) is 4. The lowest BCUT2D eigenvalue weighted by Gasteiger charge is -2.10. The number of benzene rings is 7. The average molecular weight is 669 g/mol. The van der Waals surface area contributed by atoms with Gasteiger partial charge >= 0.3 is 0 Å². The average Bonchev–Trinajstić information content (AvgIpc) is 3.76. The Morgan fingerprint density at radius 2 is 1.31 bits per heavy atom. The topological polar surface area (TPSA) is 56.7 Å². The van der Waals surface area contributed by atoms with E-state index in [-0.39, 0.29) is 0 Å². The summed E-state index contributed by atoms with van der Waals surface area (Å²) in [5.41, 5.74) is 7.74. The highest BCUT2D eigenvalue weighted by molar-refractivity contribution is 6.26. The molecule has 0 aliphatic heterocycles. The number of furan rings is 1. The normalized spacial score (nSPS) is 12.5. The van der Waals surface area contributed by atoms with Gasteiger partial charge in [0.1, 0.15) is 11.2 Å². The first-order valence-electron chi connectivity index (χ1n) is 17.6. The van der Waals surface area contributed by atoms with Gasteiger partial charge in [0.05, 0.1) is 11.0 Å². The maximum atomic E-state index is 6.68. The van der Waals surface area contributed by atoms with Crippen LogP contribution >= 0.6 is 0 Å². The summed E-state index contributed by atoms with van der Waals surface area (Å²) in [6.45, 7) is 4.01. The van der Waals surface area contributed by atoms with Crippen molar-refractivity contribution in [2.75, 3.05) is 0 Å². The minimum atomic E-state index is 0.603. The third-order valence-corrected chi connectivity index (χ3v) is 10.1. The van der Waals surface area contributed by atoms with Crippen LogP contribution in [0.4, 0.5) is 0 Å². The van der Waals surface area contributed by atoms with E-state index in [0.29, 0.717) is 17.5 Å². The second kappa shape index (κ2) is 11.9. The zero-order valence-corrected chi connectivity index (χ0v) is 28.7.